The van der Waals surface area contributed by atoms with Crippen LogP contribution in [0.4, 0.5) is 0 Å². The number of aryl methyl sites for hydroxylation is 1. The average molecular weight is 367 g/mol. The third-order valence-corrected chi connectivity index (χ3v) is 7.10. The van der Waals surface area contributed by atoms with Gasteiger partial charge in [-0.3, -0.25) is 0 Å². The van der Waals surface area contributed by atoms with Crippen molar-refractivity contribution in [3.63, 3.8) is 0 Å². The van der Waals surface area contributed by atoms with Crippen molar-refractivity contribution >= 4 is 19.9 Å². The lowest BCUT2D eigenvalue weighted by Crippen LogP contribution is -2.29. The van der Waals surface area contributed by atoms with Crippen LogP contribution in [-0.4, -0.2) is 34.4 Å². The Bertz CT molecular complexity index is 916. The highest BCUT2D eigenvalue weighted by Crippen LogP contribution is 2.26. The molecule has 0 aromatic heterocycles. The highest BCUT2D eigenvalue weighted by Gasteiger charge is 2.26. The molecule has 0 bridgehead atoms. The van der Waals surface area contributed by atoms with Gasteiger partial charge in [0.15, 0.2) is 9.84 Å². The predicted octanol–water partition coefficient (Wildman–Crippen LogP) is 2.78. The van der Waals surface area contributed by atoms with Crippen molar-refractivity contribution in [2.24, 2.45) is 0 Å². The molecule has 130 valence electrons. The lowest BCUT2D eigenvalue weighted by atomic mass is 10.1. The summed E-state index contributed by atoms with van der Waals surface area (Å²) in [6.45, 7) is 3.66. The SMILES string of the molecule is Cc1ccc(S(=O)(=O)N(C)C(C)c2ccc(S(C)(=O)=O)cc2)cc1. The first-order valence-electron chi connectivity index (χ1n) is 7.38. The normalized spacial score (nSPS) is 13.9. The van der Waals surface area contributed by atoms with Crippen LogP contribution in [0.1, 0.15) is 24.1 Å². The molecule has 24 heavy (non-hydrogen) atoms. The second kappa shape index (κ2) is 6.66. The van der Waals surface area contributed by atoms with Crippen LogP contribution in [0.15, 0.2) is 58.3 Å². The zero-order valence-electron chi connectivity index (χ0n) is 14.1. The summed E-state index contributed by atoms with van der Waals surface area (Å²) in [5, 5.41) is 0. The molecule has 1 atom stereocenters. The number of sulfone groups is 1. The Balaban J connectivity index is 2.31. The van der Waals surface area contributed by atoms with Gasteiger partial charge in [-0.05, 0) is 43.7 Å². The number of sulfonamides is 1. The molecule has 0 heterocycles. The highest BCUT2D eigenvalue weighted by atomic mass is 32.2. The van der Waals surface area contributed by atoms with E-state index < -0.39 is 25.9 Å². The first-order chi connectivity index (χ1) is 11.0. The number of rotatable bonds is 5. The van der Waals surface area contributed by atoms with Crippen molar-refractivity contribution in [3.8, 4) is 0 Å². The first-order valence-corrected chi connectivity index (χ1v) is 10.7. The standard InChI is InChI=1S/C17H21NO4S2/c1-13-5-9-17(10-6-13)24(21,22)18(3)14(2)15-7-11-16(12-8-15)23(4,19)20/h5-12,14H,1-4H3. The molecule has 5 nitrogen and oxygen atoms in total. The van der Waals surface area contributed by atoms with Gasteiger partial charge in [-0.1, -0.05) is 29.8 Å². The smallest absolute Gasteiger partial charge is 0.224 e. The van der Waals surface area contributed by atoms with Gasteiger partial charge in [-0.2, -0.15) is 4.31 Å². The number of hydrogen-bond acceptors (Lipinski definition) is 4. The topological polar surface area (TPSA) is 71.5 Å². The molecule has 0 saturated carbocycles. The second-order valence-electron chi connectivity index (χ2n) is 5.85. The molecule has 2 aromatic carbocycles. The maximum absolute atomic E-state index is 12.7. The van der Waals surface area contributed by atoms with Crippen LogP contribution in [0.3, 0.4) is 0 Å². The van der Waals surface area contributed by atoms with Gasteiger partial charge in [-0.25, -0.2) is 16.8 Å². The van der Waals surface area contributed by atoms with E-state index in [0.29, 0.717) is 0 Å². The molecular weight excluding hydrogens is 346 g/mol. The predicted molar refractivity (Wildman–Crippen MR) is 94.1 cm³/mol. The summed E-state index contributed by atoms with van der Waals surface area (Å²) in [6.07, 6.45) is 1.14. The fraction of sp³-hybridized carbons (Fsp3) is 0.294. The zero-order chi connectivity index (χ0) is 18.1. The molecule has 0 aliphatic heterocycles. The largest absolute Gasteiger partial charge is 0.243 e. The quantitative estimate of drug-likeness (QED) is 0.815. The van der Waals surface area contributed by atoms with Crippen molar-refractivity contribution in [2.45, 2.75) is 29.7 Å². The molecule has 0 amide bonds. The molecule has 0 N–H and O–H groups in total. The van der Waals surface area contributed by atoms with Crippen molar-refractivity contribution in [1.82, 2.24) is 4.31 Å². The van der Waals surface area contributed by atoms with Crippen LogP contribution in [0.5, 0.6) is 0 Å². The van der Waals surface area contributed by atoms with E-state index in [9.17, 15) is 16.8 Å². The Labute approximate surface area is 143 Å². The van der Waals surface area contributed by atoms with Crippen LogP contribution in [0.25, 0.3) is 0 Å². The van der Waals surface area contributed by atoms with Crippen molar-refractivity contribution in [1.29, 1.82) is 0 Å². The van der Waals surface area contributed by atoms with Crippen LogP contribution >= 0.6 is 0 Å². The van der Waals surface area contributed by atoms with E-state index >= 15 is 0 Å². The van der Waals surface area contributed by atoms with E-state index in [1.165, 1.54) is 23.5 Å². The van der Waals surface area contributed by atoms with Gasteiger partial charge < -0.3 is 0 Å². The third-order valence-electron chi connectivity index (χ3n) is 4.03. The Kier molecular flexibility index (Phi) is 5.17. The van der Waals surface area contributed by atoms with Crippen LogP contribution < -0.4 is 0 Å². The fourth-order valence-electron chi connectivity index (χ4n) is 2.29. The minimum atomic E-state index is -3.63. The lowest BCUT2D eigenvalue weighted by Gasteiger charge is -2.25. The molecular formula is C17H21NO4S2. The van der Waals surface area contributed by atoms with Crippen LogP contribution in [0.2, 0.25) is 0 Å². The van der Waals surface area contributed by atoms with Gasteiger partial charge in [0.05, 0.1) is 9.79 Å². The van der Waals surface area contributed by atoms with E-state index in [1.54, 1.807) is 43.3 Å². The lowest BCUT2D eigenvalue weighted by molar-refractivity contribution is 0.398. The maximum atomic E-state index is 12.7. The van der Waals surface area contributed by atoms with Crippen molar-refractivity contribution < 1.29 is 16.8 Å². The summed E-state index contributed by atoms with van der Waals surface area (Å²) in [5.41, 5.74) is 1.71. The molecule has 0 radical (unpaired) electrons. The molecule has 0 aliphatic rings. The van der Waals surface area contributed by atoms with E-state index in [-0.39, 0.29) is 9.79 Å². The van der Waals surface area contributed by atoms with E-state index in [4.69, 9.17) is 0 Å². The fourth-order valence-corrected chi connectivity index (χ4v) is 4.27. The molecule has 2 rings (SSSR count). The summed E-state index contributed by atoms with van der Waals surface area (Å²) >= 11 is 0. The van der Waals surface area contributed by atoms with Gasteiger partial charge in [0.25, 0.3) is 0 Å². The maximum Gasteiger partial charge on any atom is 0.243 e. The van der Waals surface area contributed by atoms with E-state index in [2.05, 4.69) is 0 Å². The zero-order valence-corrected chi connectivity index (χ0v) is 15.7. The van der Waals surface area contributed by atoms with Crippen molar-refractivity contribution in [3.05, 3.63) is 59.7 Å². The molecule has 0 fully saturated rings. The minimum Gasteiger partial charge on any atom is -0.224 e. The monoisotopic (exact) mass is 367 g/mol. The first kappa shape index (κ1) is 18.6. The molecule has 2 aromatic rings. The summed E-state index contributed by atoms with van der Waals surface area (Å²) < 4.78 is 49.7. The Hall–Kier alpha value is -1.70. The Morgan fingerprint density at radius 1 is 0.833 bits per heavy atom. The minimum absolute atomic E-state index is 0.211. The van der Waals surface area contributed by atoms with Gasteiger partial charge in [0.1, 0.15) is 0 Å². The van der Waals surface area contributed by atoms with E-state index in [0.717, 1.165) is 17.4 Å². The third kappa shape index (κ3) is 3.85. The van der Waals surface area contributed by atoms with Crippen molar-refractivity contribution in [2.75, 3.05) is 13.3 Å². The molecule has 0 saturated heterocycles. The summed E-state index contributed by atoms with van der Waals surface area (Å²) in [7, 11) is -5.38. The van der Waals surface area contributed by atoms with Gasteiger partial charge >= 0.3 is 0 Å². The summed E-state index contributed by atoms with van der Waals surface area (Å²) in [6, 6.07) is 12.5. The summed E-state index contributed by atoms with van der Waals surface area (Å²) in [4.78, 5) is 0.442. The second-order valence-corrected chi connectivity index (χ2v) is 9.86. The Morgan fingerprint density at radius 2 is 1.29 bits per heavy atom. The van der Waals surface area contributed by atoms with Crippen LogP contribution in [0, 0.1) is 6.92 Å². The number of benzene rings is 2. The molecule has 0 spiro atoms. The molecule has 0 aliphatic carbocycles. The highest BCUT2D eigenvalue weighted by molar-refractivity contribution is 7.90. The van der Waals surface area contributed by atoms with Gasteiger partial charge in [0, 0.05) is 19.3 Å². The Morgan fingerprint density at radius 3 is 1.75 bits per heavy atom. The van der Waals surface area contributed by atoms with E-state index in [1.807, 2.05) is 6.92 Å². The molecule has 7 heteroatoms. The number of nitrogens with zero attached hydrogens (tertiary/aromatic N) is 1. The summed E-state index contributed by atoms with van der Waals surface area (Å²) in [5.74, 6) is 0. The average Bonchev–Trinajstić information content (AvgIpc) is 2.53. The van der Waals surface area contributed by atoms with Crippen LogP contribution in [-0.2, 0) is 19.9 Å². The van der Waals surface area contributed by atoms with Gasteiger partial charge in [-0.15, -0.1) is 0 Å². The molecule has 1 unspecified atom stereocenters. The van der Waals surface area contributed by atoms with Gasteiger partial charge in [0.2, 0.25) is 10.0 Å². The number of hydrogen-bond donors (Lipinski definition) is 0.